The first-order valence-electron chi connectivity index (χ1n) is 7.71. The number of aliphatic hydroxyl groups is 1. The molecular weight excluding hydrogens is 364 g/mol. The van der Waals surface area contributed by atoms with Crippen molar-refractivity contribution in [1.82, 2.24) is 10.0 Å². The zero-order valence-corrected chi connectivity index (χ0v) is 14.9. The minimum Gasteiger partial charge on any atom is -0.478 e. The van der Waals surface area contributed by atoms with Crippen LogP contribution in [0.3, 0.4) is 0 Å². The lowest BCUT2D eigenvalue weighted by Gasteiger charge is -2.13. The van der Waals surface area contributed by atoms with Gasteiger partial charge < -0.3 is 15.5 Å². The van der Waals surface area contributed by atoms with Crippen LogP contribution < -0.4 is 10.0 Å². The van der Waals surface area contributed by atoms with Gasteiger partial charge in [-0.05, 0) is 24.1 Å². The zero-order chi connectivity index (χ0) is 18.0. The summed E-state index contributed by atoms with van der Waals surface area (Å²) in [4.78, 5) is 12.3. The van der Waals surface area contributed by atoms with E-state index >= 15 is 0 Å². The summed E-state index contributed by atoms with van der Waals surface area (Å²) in [7, 11) is -4.03. The average Bonchev–Trinajstić information content (AvgIpc) is 3.01. The second-order valence-electron chi connectivity index (χ2n) is 5.68. The Hall–Kier alpha value is -1.78. The third-order valence-electron chi connectivity index (χ3n) is 4.00. The van der Waals surface area contributed by atoms with Gasteiger partial charge in [-0.1, -0.05) is 30.3 Å². The van der Waals surface area contributed by atoms with Crippen molar-refractivity contribution >= 4 is 27.3 Å². The zero-order valence-electron chi connectivity index (χ0n) is 13.2. The molecule has 1 aliphatic rings. The van der Waals surface area contributed by atoms with Crippen molar-refractivity contribution in [1.29, 1.82) is 0 Å². The maximum absolute atomic E-state index is 12.6. The number of aromatic carboxylic acids is 1. The van der Waals surface area contributed by atoms with Crippen molar-refractivity contribution in [3.05, 3.63) is 51.9 Å². The van der Waals surface area contributed by atoms with Crippen molar-refractivity contribution in [3.63, 3.8) is 0 Å². The molecule has 0 fully saturated rings. The Morgan fingerprint density at radius 3 is 2.72 bits per heavy atom. The van der Waals surface area contributed by atoms with Crippen LogP contribution in [0.1, 0.15) is 32.5 Å². The van der Waals surface area contributed by atoms with E-state index in [1.165, 1.54) is 0 Å². The largest absolute Gasteiger partial charge is 0.478 e. The highest BCUT2D eigenvalue weighted by molar-refractivity contribution is 7.91. The molecule has 25 heavy (non-hydrogen) atoms. The van der Waals surface area contributed by atoms with Gasteiger partial charge >= 0.3 is 5.97 Å². The standard InChI is InChI=1S/C16H18N2O5S2/c19-12(10-4-2-1-3-5-10)8-18-25(22,23)16-14(15(20)21)11-6-7-17-9-13(11)24-16/h1-5,12,17-19H,6-9H2,(H,20,21). The fourth-order valence-electron chi connectivity index (χ4n) is 2.76. The molecule has 1 aromatic heterocycles. The molecule has 1 aromatic carbocycles. The fourth-order valence-corrected chi connectivity index (χ4v) is 5.71. The third-order valence-corrected chi connectivity index (χ3v) is 7.18. The number of fused-ring (bicyclic) bond motifs is 1. The molecule has 0 spiro atoms. The summed E-state index contributed by atoms with van der Waals surface area (Å²) in [6.45, 7) is 0.846. The number of thiophene rings is 1. The molecule has 2 aromatic rings. The second kappa shape index (κ2) is 7.22. The smallest absolute Gasteiger partial charge is 0.338 e. The molecule has 0 saturated heterocycles. The minimum absolute atomic E-state index is 0.150. The third kappa shape index (κ3) is 3.75. The Balaban J connectivity index is 1.85. The van der Waals surface area contributed by atoms with Crippen LogP contribution in [0.25, 0.3) is 0 Å². The summed E-state index contributed by atoms with van der Waals surface area (Å²) >= 11 is 0.969. The van der Waals surface area contributed by atoms with Gasteiger partial charge in [0.25, 0.3) is 10.0 Å². The number of aliphatic hydroxyl groups excluding tert-OH is 1. The first-order valence-corrected chi connectivity index (χ1v) is 10.0. The van der Waals surface area contributed by atoms with Crippen LogP contribution in [-0.2, 0) is 23.0 Å². The summed E-state index contributed by atoms with van der Waals surface area (Å²) < 4.78 is 27.4. The van der Waals surface area contributed by atoms with E-state index in [9.17, 15) is 23.4 Å². The molecule has 0 amide bonds. The summed E-state index contributed by atoms with van der Waals surface area (Å²) in [5.41, 5.74) is 1.02. The molecule has 134 valence electrons. The van der Waals surface area contributed by atoms with Crippen molar-refractivity contribution in [2.75, 3.05) is 13.1 Å². The highest BCUT2D eigenvalue weighted by atomic mass is 32.2. The lowest BCUT2D eigenvalue weighted by molar-refractivity contribution is 0.0692. The lowest BCUT2D eigenvalue weighted by atomic mass is 10.1. The van der Waals surface area contributed by atoms with E-state index in [0.29, 0.717) is 30.6 Å². The molecule has 2 heterocycles. The van der Waals surface area contributed by atoms with E-state index in [2.05, 4.69) is 10.0 Å². The maximum Gasteiger partial charge on any atom is 0.338 e. The van der Waals surface area contributed by atoms with Crippen molar-refractivity contribution < 1.29 is 23.4 Å². The number of benzene rings is 1. The molecule has 0 radical (unpaired) electrons. The second-order valence-corrected chi connectivity index (χ2v) is 8.74. The van der Waals surface area contributed by atoms with Gasteiger partial charge in [-0.2, -0.15) is 0 Å². The van der Waals surface area contributed by atoms with Gasteiger partial charge in [0.05, 0.1) is 11.7 Å². The van der Waals surface area contributed by atoms with E-state index in [0.717, 1.165) is 16.2 Å². The molecule has 0 bridgehead atoms. The predicted octanol–water partition coefficient (Wildman–Crippen LogP) is 1.10. The number of carbonyl (C=O) groups is 1. The van der Waals surface area contributed by atoms with Gasteiger partial charge in [-0.3, -0.25) is 0 Å². The summed E-state index contributed by atoms with van der Waals surface area (Å²) in [6.07, 6.45) is -0.532. The molecule has 0 aliphatic carbocycles. The fraction of sp³-hybridized carbons (Fsp3) is 0.312. The van der Waals surface area contributed by atoms with Gasteiger partial charge in [-0.15, -0.1) is 11.3 Å². The molecule has 9 heteroatoms. The van der Waals surface area contributed by atoms with Crippen molar-refractivity contribution in [3.8, 4) is 0 Å². The topological polar surface area (TPSA) is 116 Å². The van der Waals surface area contributed by atoms with Crippen molar-refractivity contribution in [2.45, 2.75) is 23.3 Å². The van der Waals surface area contributed by atoms with Gasteiger partial charge in [0.1, 0.15) is 4.21 Å². The molecular formula is C16H18N2O5S2. The number of carboxylic acid groups (broad SMARTS) is 1. The van der Waals surface area contributed by atoms with Gasteiger partial charge in [-0.25, -0.2) is 17.9 Å². The van der Waals surface area contributed by atoms with Crippen LogP contribution in [0.15, 0.2) is 34.5 Å². The first-order chi connectivity index (χ1) is 11.9. The van der Waals surface area contributed by atoms with Gasteiger partial charge in [0.2, 0.25) is 0 Å². The van der Waals surface area contributed by atoms with E-state index in [1.54, 1.807) is 30.3 Å². The molecule has 4 N–H and O–H groups in total. The summed E-state index contributed by atoms with van der Waals surface area (Å²) in [5.74, 6) is -1.25. The van der Waals surface area contributed by atoms with Gasteiger partial charge in [0, 0.05) is 18.0 Å². The molecule has 7 nitrogen and oxygen atoms in total. The number of sulfonamides is 1. The van der Waals surface area contributed by atoms with E-state index in [-0.39, 0.29) is 16.3 Å². The number of rotatable bonds is 6. The number of carboxylic acids is 1. The van der Waals surface area contributed by atoms with Crippen LogP contribution >= 0.6 is 11.3 Å². The number of hydrogen-bond donors (Lipinski definition) is 4. The average molecular weight is 382 g/mol. The maximum atomic E-state index is 12.6. The predicted molar refractivity (Wildman–Crippen MR) is 93.3 cm³/mol. The highest BCUT2D eigenvalue weighted by Gasteiger charge is 2.32. The van der Waals surface area contributed by atoms with Gasteiger partial charge in [0.15, 0.2) is 0 Å². The molecule has 1 atom stereocenters. The molecule has 1 unspecified atom stereocenters. The van der Waals surface area contributed by atoms with Crippen LogP contribution in [0, 0.1) is 0 Å². The Kier molecular flexibility index (Phi) is 5.21. The minimum atomic E-state index is -4.03. The molecule has 0 saturated carbocycles. The Bertz CT molecular complexity index is 877. The van der Waals surface area contributed by atoms with Crippen LogP contribution in [0.2, 0.25) is 0 Å². The highest BCUT2D eigenvalue weighted by Crippen LogP contribution is 2.34. The lowest BCUT2D eigenvalue weighted by Crippen LogP contribution is -2.29. The van der Waals surface area contributed by atoms with E-state index in [1.807, 2.05) is 0 Å². The number of hydrogen-bond acceptors (Lipinski definition) is 6. The SMILES string of the molecule is O=C(O)c1c(S(=O)(=O)NCC(O)c2ccccc2)sc2c1CCNC2. The Morgan fingerprint density at radius 2 is 2.04 bits per heavy atom. The first kappa shape index (κ1) is 18.0. The summed E-state index contributed by atoms with van der Waals surface area (Å²) in [6, 6.07) is 8.67. The van der Waals surface area contributed by atoms with E-state index in [4.69, 9.17) is 0 Å². The van der Waals surface area contributed by atoms with Crippen LogP contribution in [0.5, 0.6) is 0 Å². The Labute approximate surface area is 149 Å². The summed E-state index contributed by atoms with van der Waals surface area (Å²) in [5, 5.41) is 22.7. The quantitative estimate of drug-likeness (QED) is 0.595. The molecule has 1 aliphatic heterocycles. The number of nitrogens with one attached hydrogen (secondary N) is 2. The van der Waals surface area contributed by atoms with Crippen LogP contribution in [-0.4, -0.2) is 37.7 Å². The normalized spacial score (nSPS) is 15.6. The van der Waals surface area contributed by atoms with Crippen molar-refractivity contribution in [2.24, 2.45) is 0 Å². The Morgan fingerprint density at radius 1 is 1.32 bits per heavy atom. The van der Waals surface area contributed by atoms with Crippen LogP contribution in [0.4, 0.5) is 0 Å². The molecule has 3 rings (SSSR count). The monoisotopic (exact) mass is 382 g/mol. The van der Waals surface area contributed by atoms with E-state index < -0.39 is 22.1 Å².